The van der Waals surface area contributed by atoms with Gasteiger partial charge in [0.2, 0.25) is 0 Å². The first-order chi connectivity index (χ1) is 8.81. The minimum atomic E-state index is 0.676. The van der Waals surface area contributed by atoms with Gasteiger partial charge in [-0.25, -0.2) is 0 Å². The highest BCUT2D eigenvalue weighted by atomic mass is 15.1. The molecule has 1 aromatic rings. The molecule has 1 aromatic carbocycles. The first kappa shape index (κ1) is 12.2. The number of nitrogens with zero attached hydrogens (tertiary/aromatic N) is 1. The SMILES string of the molecule is CN1CC(NCC2CC2)CC(c2ccccc2)C1. The second-order valence-corrected chi connectivity index (χ2v) is 6.11. The molecule has 18 heavy (non-hydrogen) atoms. The van der Waals surface area contributed by atoms with E-state index in [1.807, 2.05) is 0 Å². The van der Waals surface area contributed by atoms with Crippen LogP contribution < -0.4 is 5.32 Å². The van der Waals surface area contributed by atoms with Crippen LogP contribution >= 0.6 is 0 Å². The standard InChI is InChI=1S/C16H24N2/c1-18-11-15(14-5-3-2-4-6-14)9-16(12-18)17-10-13-7-8-13/h2-6,13,15-17H,7-12H2,1H3. The molecule has 1 saturated heterocycles. The average Bonchev–Trinajstić information content (AvgIpc) is 3.21. The fourth-order valence-electron chi connectivity index (χ4n) is 3.09. The zero-order valence-electron chi connectivity index (χ0n) is 11.3. The fourth-order valence-corrected chi connectivity index (χ4v) is 3.09. The third-order valence-corrected chi connectivity index (χ3v) is 4.30. The van der Waals surface area contributed by atoms with Crippen LogP contribution in [0.3, 0.4) is 0 Å². The summed E-state index contributed by atoms with van der Waals surface area (Å²) in [6.07, 6.45) is 4.18. The summed E-state index contributed by atoms with van der Waals surface area (Å²) in [4.78, 5) is 2.48. The molecule has 2 fully saturated rings. The number of piperidine rings is 1. The highest BCUT2D eigenvalue weighted by Gasteiger charge is 2.28. The fraction of sp³-hybridized carbons (Fsp3) is 0.625. The minimum absolute atomic E-state index is 0.676. The molecule has 2 unspecified atom stereocenters. The van der Waals surface area contributed by atoms with Gasteiger partial charge in [-0.05, 0) is 50.3 Å². The third kappa shape index (κ3) is 3.12. The molecule has 1 aliphatic carbocycles. The molecule has 0 radical (unpaired) electrons. The maximum atomic E-state index is 3.77. The van der Waals surface area contributed by atoms with Crippen molar-refractivity contribution in [1.82, 2.24) is 10.2 Å². The Morgan fingerprint density at radius 2 is 1.94 bits per heavy atom. The van der Waals surface area contributed by atoms with Crippen molar-refractivity contribution in [3.05, 3.63) is 35.9 Å². The molecular weight excluding hydrogens is 220 g/mol. The molecule has 2 aliphatic rings. The molecule has 0 amide bonds. The van der Waals surface area contributed by atoms with Crippen molar-refractivity contribution in [2.75, 3.05) is 26.7 Å². The molecule has 2 heteroatoms. The lowest BCUT2D eigenvalue weighted by molar-refractivity contribution is 0.204. The van der Waals surface area contributed by atoms with E-state index in [9.17, 15) is 0 Å². The molecule has 1 N–H and O–H groups in total. The Morgan fingerprint density at radius 3 is 2.67 bits per heavy atom. The topological polar surface area (TPSA) is 15.3 Å². The van der Waals surface area contributed by atoms with Crippen molar-refractivity contribution in [2.45, 2.75) is 31.2 Å². The van der Waals surface area contributed by atoms with E-state index in [1.54, 1.807) is 0 Å². The van der Waals surface area contributed by atoms with Crippen LogP contribution in [0.15, 0.2) is 30.3 Å². The van der Waals surface area contributed by atoms with Gasteiger partial charge in [0.1, 0.15) is 0 Å². The van der Waals surface area contributed by atoms with E-state index < -0.39 is 0 Å². The first-order valence-electron chi connectivity index (χ1n) is 7.28. The highest BCUT2D eigenvalue weighted by molar-refractivity contribution is 5.21. The van der Waals surface area contributed by atoms with Gasteiger partial charge in [0.15, 0.2) is 0 Å². The predicted octanol–water partition coefficient (Wildman–Crippen LogP) is 2.47. The number of likely N-dealkylation sites (tertiary alicyclic amines) is 1. The molecule has 1 heterocycles. The van der Waals surface area contributed by atoms with Gasteiger partial charge in [0.05, 0.1) is 0 Å². The van der Waals surface area contributed by atoms with Crippen LogP contribution in [0.1, 0.15) is 30.7 Å². The van der Waals surface area contributed by atoms with Crippen molar-refractivity contribution in [3.63, 3.8) is 0 Å². The minimum Gasteiger partial charge on any atom is -0.312 e. The summed E-state index contributed by atoms with van der Waals surface area (Å²) in [5.41, 5.74) is 1.50. The first-order valence-corrected chi connectivity index (χ1v) is 7.28. The number of rotatable bonds is 4. The summed E-state index contributed by atoms with van der Waals surface area (Å²) in [6, 6.07) is 11.7. The molecule has 2 atom stereocenters. The zero-order valence-corrected chi connectivity index (χ0v) is 11.3. The van der Waals surface area contributed by atoms with Crippen molar-refractivity contribution in [1.29, 1.82) is 0 Å². The van der Waals surface area contributed by atoms with Crippen LogP contribution in [-0.4, -0.2) is 37.6 Å². The summed E-state index contributed by atoms with van der Waals surface area (Å²) >= 11 is 0. The number of hydrogen-bond donors (Lipinski definition) is 1. The average molecular weight is 244 g/mol. The zero-order chi connectivity index (χ0) is 12.4. The molecule has 98 valence electrons. The summed E-state index contributed by atoms with van der Waals surface area (Å²) in [7, 11) is 2.25. The van der Waals surface area contributed by atoms with Gasteiger partial charge in [-0.1, -0.05) is 30.3 Å². The molecule has 1 aliphatic heterocycles. The van der Waals surface area contributed by atoms with E-state index in [0.717, 1.165) is 5.92 Å². The van der Waals surface area contributed by atoms with Crippen LogP contribution in [-0.2, 0) is 0 Å². The molecule has 0 spiro atoms. The quantitative estimate of drug-likeness (QED) is 0.875. The molecule has 2 nitrogen and oxygen atoms in total. The van der Waals surface area contributed by atoms with Gasteiger partial charge in [-0.3, -0.25) is 0 Å². The van der Waals surface area contributed by atoms with E-state index in [2.05, 4.69) is 47.6 Å². The Hall–Kier alpha value is -0.860. The van der Waals surface area contributed by atoms with Crippen molar-refractivity contribution >= 4 is 0 Å². The van der Waals surface area contributed by atoms with Gasteiger partial charge in [-0.2, -0.15) is 0 Å². The van der Waals surface area contributed by atoms with Gasteiger partial charge < -0.3 is 10.2 Å². The van der Waals surface area contributed by atoms with Crippen LogP contribution in [0.25, 0.3) is 0 Å². The Labute approximate surface area is 110 Å². The smallest absolute Gasteiger partial charge is 0.0201 e. The van der Waals surface area contributed by atoms with Gasteiger partial charge in [0, 0.05) is 19.1 Å². The van der Waals surface area contributed by atoms with Crippen molar-refractivity contribution < 1.29 is 0 Å². The van der Waals surface area contributed by atoms with Gasteiger partial charge in [-0.15, -0.1) is 0 Å². The monoisotopic (exact) mass is 244 g/mol. The second-order valence-electron chi connectivity index (χ2n) is 6.11. The van der Waals surface area contributed by atoms with Crippen molar-refractivity contribution in [2.24, 2.45) is 5.92 Å². The molecule has 3 rings (SSSR count). The number of likely N-dealkylation sites (N-methyl/N-ethyl adjacent to an activating group) is 1. The third-order valence-electron chi connectivity index (χ3n) is 4.30. The van der Waals surface area contributed by atoms with Crippen LogP contribution in [0, 0.1) is 5.92 Å². The summed E-state index contributed by atoms with van der Waals surface area (Å²) in [5.74, 6) is 1.68. The summed E-state index contributed by atoms with van der Waals surface area (Å²) in [5, 5.41) is 3.77. The Morgan fingerprint density at radius 1 is 1.17 bits per heavy atom. The predicted molar refractivity (Wildman–Crippen MR) is 75.8 cm³/mol. The van der Waals surface area contributed by atoms with Crippen LogP contribution in [0.5, 0.6) is 0 Å². The largest absolute Gasteiger partial charge is 0.312 e. The van der Waals surface area contributed by atoms with Crippen molar-refractivity contribution in [3.8, 4) is 0 Å². The van der Waals surface area contributed by atoms with E-state index in [-0.39, 0.29) is 0 Å². The number of hydrogen-bond acceptors (Lipinski definition) is 2. The molecular formula is C16H24N2. The maximum absolute atomic E-state index is 3.77. The van der Waals surface area contributed by atoms with Crippen LogP contribution in [0.2, 0.25) is 0 Å². The normalized spacial score (nSPS) is 29.4. The summed E-state index contributed by atoms with van der Waals surface area (Å²) in [6.45, 7) is 3.64. The molecule has 0 aromatic heterocycles. The number of benzene rings is 1. The van der Waals surface area contributed by atoms with E-state index in [4.69, 9.17) is 0 Å². The molecule has 0 bridgehead atoms. The Balaban J connectivity index is 1.60. The van der Waals surface area contributed by atoms with E-state index in [0.29, 0.717) is 12.0 Å². The Kier molecular flexibility index (Phi) is 3.67. The lowest BCUT2D eigenvalue weighted by Crippen LogP contribution is -2.47. The maximum Gasteiger partial charge on any atom is 0.0201 e. The van der Waals surface area contributed by atoms with Crippen LogP contribution in [0.4, 0.5) is 0 Å². The highest BCUT2D eigenvalue weighted by Crippen LogP contribution is 2.29. The summed E-state index contributed by atoms with van der Waals surface area (Å²) < 4.78 is 0. The molecule has 1 saturated carbocycles. The van der Waals surface area contributed by atoms with Gasteiger partial charge in [0.25, 0.3) is 0 Å². The lowest BCUT2D eigenvalue weighted by Gasteiger charge is -2.36. The van der Waals surface area contributed by atoms with Gasteiger partial charge >= 0.3 is 0 Å². The van der Waals surface area contributed by atoms with E-state index >= 15 is 0 Å². The number of nitrogens with one attached hydrogen (secondary N) is 1. The lowest BCUT2D eigenvalue weighted by atomic mass is 9.88. The Bertz CT molecular complexity index is 372. The second kappa shape index (κ2) is 5.41. The van der Waals surface area contributed by atoms with E-state index in [1.165, 1.54) is 44.5 Å².